The molecule has 1 aromatic heterocycles. The Labute approximate surface area is 213 Å². The number of furan rings is 1. The summed E-state index contributed by atoms with van der Waals surface area (Å²) in [5.74, 6) is -3.86. The van der Waals surface area contributed by atoms with E-state index in [1.807, 2.05) is 13.8 Å². The van der Waals surface area contributed by atoms with Gasteiger partial charge in [-0.3, -0.25) is 4.79 Å². The molecule has 4 saturated carbocycles. The van der Waals surface area contributed by atoms with E-state index in [2.05, 4.69) is 0 Å². The van der Waals surface area contributed by atoms with Crippen LogP contribution >= 0.6 is 0 Å². The van der Waals surface area contributed by atoms with Gasteiger partial charge in [0.1, 0.15) is 17.3 Å². The standard InChI is InChI=1S/C27H34O10/c1-22-11-25(32)18-16(19(22)30)37-26-9-14(28)36-20(12-6-8-35-10-12)23(26,2)7-5-13(27(18,26)33)24(25,3)17(22)15(29)21(31)34-4/h6,8,10,13,15-20,29-30,32-33H,5,7,9,11H2,1-4H3/t13-,15+,16-,17+,18+,19-,20+,22+,23+,24+,25+,26-,27+/m1/s1. The number of hydrogen-bond acceptors (Lipinski definition) is 10. The van der Waals surface area contributed by atoms with Crippen molar-refractivity contribution in [2.75, 3.05) is 7.11 Å². The molecule has 1 spiro atoms. The highest BCUT2D eigenvalue weighted by atomic mass is 16.6. The Morgan fingerprint density at radius 3 is 2.62 bits per heavy atom. The normalized spacial score (nSPS) is 57.6. The summed E-state index contributed by atoms with van der Waals surface area (Å²) in [6.45, 7) is 5.51. The van der Waals surface area contributed by atoms with E-state index in [-0.39, 0.29) is 12.8 Å². The van der Waals surface area contributed by atoms with Crippen molar-refractivity contribution in [1.29, 1.82) is 0 Å². The van der Waals surface area contributed by atoms with Crippen LogP contribution in [-0.4, -0.2) is 74.6 Å². The summed E-state index contributed by atoms with van der Waals surface area (Å²) in [4.78, 5) is 25.9. The lowest BCUT2D eigenvalue weighted by molar-refractivity contribution is -0.298. The maximum Gasteiger partial charge on any atom is 0.335 e. The quantitative estimate of drug-likeness (QED) is 0.423. The smallest absolute Gasteiger partial charge is 0.335 e. The first-order valence-corrected chi connectivity index (χ1v) is 13.1. The number of ether oxygens (including phenoxy) is 3. The van der Waals surface area contributed by atoms with Crippen molar-refractivity contribution in [2.24, 2.45) is 34.0 Å². The number of fused-ring (bicyclic) bond motifs is 2. The van der Waals surface area contributed by atoms with Gasteiger partial charge in [0.05, 0.1) is 43.9 Å². The molecular formula is C27H34O10. The second-order valence-electron chi connectivity index (χ2n) is 13.1. The van der Waals surface area contributed by atoms with Gasteiger partial charge in [0.25, 0.3) is 0 Å². The fraction of sp³-hybridized carbons (Fsp3) is 0.778. The molecule has 0 amide bonds. The Hall–Kier alpha value is -1.98. The first-order chi connectivity index (χ1) is 17.3. The lowest BCUT2D eigenvalue weighted by Crippen LogP contribution is -2.72. The van der Waals surface area contributed by atoms with Gasteiger partial charge in [-0.25, -0.2) is 4.79 Å². The first kappa shape index (κ1) is 24.1. The fourth-order valence-corrected chi connectivity index (χ4v) is 11.0. The molecule has 2 bridgehead atoms. The summed E-state index contributed by atoms with van der Waals surface area (Å²) < 4.78 is 22.8. The molecule has 7 rings (SSSR count). The van der Waals surface area contributed by atoms with E-state index in [9.17, 15) is 30.0 Å². The highest BCUT2D eigenvalue weighted by Gasteiger charge is 2.95. The zero-order valence-corrected chi connectivity index (χ0v) is 21.3. The summed E-state index contributed by atoms with van der Waals surface area (Å²) >= 11 is 0. The highest BCUT2D eigenvalue weighted by molar-refractivity contribution is 5.76. The molecule has 6 aliphatic rings. The van der Waals surface area contributed by atoms with E-state index >= 15 is 0 Å². The van der Waals surface area contributed by atoms with Crippen LogP contribution in [0.1, 0.15) is 58.1 Å². The molecule has 4 aliphatic carbocycles. The fourth-order valence-electron chi connectivity index (χ4n) is 11.0. The van der Waals surface area contributed by atoms with E-state index in [1.165, 1.54) is 19.6 Å². The first-order valence-electron chi connectivity index (χ1n) is 13.1. The van der Waals surface area contributed by atoms with Crippen molar-refractivity contribution in [2.45, 2.75) is 87.7 Å². The van der Waals surface area contributed by atoms with Crippen molar-refractivity contribution in [3.63, 3.8) is 0 Å². The number of methoxy groups -OCH3 is 1. The summed E-state index contributed by atoms with van der Waals surface area (Å²) in [5.41, 5.74) is -7.31. The molecule has 6 fully saturated rings. The molecule has 0 unspecified atom stereocenters. The van der Waals surface area contributed by atoms with Gasteiger partial charge in [-0.05, 0) is 31.2 Å². The van der Waals surface area contributed by atoms with Crippen molar-refractivity contribution in [3.8, 4) is 0 Å². The number of aliphatic hydroxyl groups is 4. The van der Waals surface area contributed by atoms with E-state index in [0.717, 1.165) is 0 Å². The average Bonchev–Trinajstić information content (AvgIpc) is 3.52. The van der Waals surface area contributed by atoms with Crippen LogP contribution < -0.4 is 0 Å². The van der Waals surface area contributed by atoms with Crippen LogP contribution in [0.3, 0.4) is 0 Å². The minimum absolute atomic E-state index is 0.0716. The van der Waals surface area contributed by atoms with Crippen molar-refractivity contribution < 1.29 is 48.6 Å². The molecule has 0 radical (unpaired) electrons. The molecule has 2 aliphatic heterocycles. The molecule has 10 heteroatoms. The SMILES string of the molecule is COC(=O)[C@@H](O)[C@H]1[C@]2(C)C[C@]3(O)[C@@H]4[C@@H](O[C@]56CC(=O)O[C@@H](c7ccoc7)[C@]5(C)CC[C@H]([C@@]13C)[C@]46O)[C@H]2O. The Bertz CT molecular complexity index is 1200. The monoisotopic (exact) mass is 518 g/mol. The van der Waals surface area contributed by atoms with Gasteiger partial charge in [-0.2, -0.15) is 0 Å². The molecule has 13 atom stereocenters. The van der Waals surface area contributed by atoms with Crippen LogP contribution in [0.5, 0.6) is 0 Å². The average molecular weight is 519 g/mol. The second-order valence-corrected chi connectivity index (χ2v) is 13.1. The van der Waals surface area contributed by atoms with Crippen LogP contribution in [0.4, 0.5) is 0 Å². The third-order valence-electron chi connectivity index (χ3n) is 12.2. The zero-order valence-electron chi connectivity index (χ0n) is 21.3. The zero-order chi connectivity index (χ0) is 26.6. The Kier molecular flexibility index (Phi) is 4.29. The van der Waals surface area contributed by atoms with E-state index in [1.54, 1.807) is 13.0 Å². The number of esters is 2. The maximum absolute atomic E-state index is 13.2. The topological polar surface area (TPSA) is 156 Å². The van der Waals surface area contributed by atoms with Crippen LogP contribution in [0.2, 0.25) is 0 Å². The van der Waals surface area contributed by atoms with Crippen molar-refractivity contribution in [1.82, 2.24) is 0 Å². The van der Waals surface area contributed by atoms with Gasteiger partial charge in [0.15, 0.2) is 6.10 Å². The van der Waals surface area contributed by atoms with Crippen LogP contribution in [-0.2, 0) is 23.8 Å². The number of hydrogen-bond donors (Lipinski definition) is 4. The molecule has 4 N–H and O–H groups in total. The number of cyclic esters (lactones) is 1. The Balaban J connectivity index is 1.49. The summed E-state index contributed by atoms with van der Waals surface area (Å²) in [7, 11) is 1.19. The molecule has 3 heterocycles. The van der Waals surface area contributed by atoms with Gasteiger partial charge >= 0.3 is 11.9 Å². The third kappa shape index (κ3) is 2.13. The maximum atomic E-state index is 13.2. The van der Waals surface area contributed by atoms with Gasteiger partial charge in [0, 0.05) is 33.6 Å². The molecule has 10 nitrogen and oxygen atoms in total. The lowest BCUT2D eigenvalue weighted by Gasteiger charge is -2.63. The lowest BCUT2D eigenvalue weighted by atomic mass is 9.45. The van der Waals surface area contributed by atoms with E-state index < -0.39 is 87.2 Å². The summed E-state index contributed by atoms with van der Waals surface area (Å²) in [5, 5.41) is 48.7. The van der Waals surface area contributed by atoms with Gasteiger partial charge < -0.3 is 39.1 Å². The predicted octanol–water partition coefficient (Wildman–Crippen LogP) is 0.854. The minimum Gasteiger partial charge on any atom is -0.472 e. The summed E-state index contributed by atoms with van der Waals surface area (Å²) in [6.07, 6.45) is -0.866. The van der Waals surface area contributed by atoms with Crippen molar-refractivity contribution >= 4 is 11.9 Å². The number of carbonyl (C=O) groups is 2. The van der Waals surface area contributed by atoms with E-state index in [4.69, 9.17) is 18.6 Å². The van der Waals surface area contributed by atoms with E-state index in [0.29, 0.717) is 18.4 Å². The van der Waals surface area contributed by atoms with Gasteiger partial charge in [-0.15, -0.1) is 0 Å². The molecule has 202 valence electrons. The predicted molar refractivity (Wildman–Crippen MR) is 122 cm³/mol. The number of rotatable bonds is 3. The Morgan fingerprint density at radius 1 is 1.24 bits per heavy atom. The Morgan fingerprint density at radius 2 is 1.97 bits per heavy atom. The molecule has 0 aromatic carbocycles. The van der Waals surface area contributed by atoms with Crippen LogP contribution in [0, 0.1) is 34.0 Å². The molecule has 37 heavy (non-hydrogen) atoms. The molecular weight excluding hydrogens is 484 g/mol. The molecule has 2 saturated heterocycles. The van der Waals surface area contributed by atoms with Crippen molar-refractivity contribution in [3.05, 3.63) is 24.2 Å². The number of carbonyl (C=O) groups excluding carboxylic acids is 2. The largest absolute Gasteiger partial charge is 0.472 e. The molecule has 1 aromatic rings. The van der Waals surface area contributed by atoms with Gasteiger partial charge in [-0.1, -0.05) is 20.8 Å². The van der Waals surface area contributed by atoms with Crippen LogP contribution in [0.25, 0.3) is 0 Å². The van der Waals surface area contributed by atoms with Gasteiger partial charge in [0.2, 0.25) is 0 Å². The minimum atomic E-state index is -1.73. The second kappa shape index (κ2) is 6.59. The highest BCUT2D eigenvalue weighted by Crippen LogP contribution is 2.85. The third-order valence-corrected chi connectivity index (χ3v) is 12.2. The summed E-state index contributed by atoms with van der Waals surface area (Å²) in [6, 6.07) is 1.72. The number of aliphatic hydroxyl groups excluding tert-OH is 2. The van der Waals surface area contributed by atoms with Crippen LogP contribution in [0.15, 0.2) is 23.0 Å².